The third kappa shape index (κ3) is 3.06. The minimum Gasteiger partial charge on any atom is -0.496 e. The van der Waals surface area contributed by atoms with E-state index < -0.39 is 14.1 Å². The van der Waals surface area contributed by atoms with Gasteiger partial charge in [-0.2, -0.15) is 0 Å². The van der Waals surface area contributed by atoms with Crippen molar-refractivity contribution in [2.75, 3.05) is 20.3 Å². The highest BCUT2D eigenvalue weighted by molar-refractivity contribution is 7.98. The van der Waals surface area contributed by atoms with Crippen molar-refractivity contribution in [3.8, 4) is 11.5 Å². The Balaban J connectivity index is 3.31. The van der Waals surface area contributed by atoms with Crippen LogP contribution in [0.3, 0.4) is 0 Å². The van der Waals surface area contributed by atoms with E-state index in [1.165, 1.54) is 23.9 Å². The van der Waals surface area contributed by atoms with Crippen molar-refractivity contribution >= 4 is 11.8 Å². The van der Waals surface area contributed by atoms with Crippen LogP contribution in [0.2, 0.25) is 0 Å². The number of hydrogen-bond acceptors (Lipinski definition) is 4. The third-order valence-electron chi connectivity index (χ3n) is 2.11. The molecule has 2 N–H and O–H groups in total. The van der Waals surface area contributed by atoms with Gasteiger partial charge >= 0.3 is 0 Å². The Bertz CT molecular complexity index is 516. The van der Waals surface area contributed by atoms with Crippen LogP contribution in [0.1, 0.15) is 20.7 Å². The summed E-state index contributed by atoms with van der Waals surface area (Å²) in [6.07, 6.45) is 2.06. The van der Waals surface area contributed by atoms with Crippen LogP contribution in [0.15, 0.2) is 17.0 Å². The van der Waals surface area contributed by atoms with Crippen molar-refractivity contribution in [1.82, 2.24) is 0 Å². The molecule has 0 saturated carbocycles. The van der Waals surface area contributed by atoms with E-state index in [0.717, 1.165) is 0 Å². The zero-order valence-electron chi connectivity index (χ0n) is 15.2. The Labute approximate surface area is 110 Å². The van der Waals surface area contributed by atoms with Gasteiger partial charge in [0.05, 0.1) is 27.2 Å². The lowest BCUT2D eigenvalue weighted by Gasteiger charge is -2.15. The Morgan fingerprint density at radius 3 is 2.62 bits per heavy atom. The molecule has 0 fully saturated rings. The highest BCUT2D eigenvalue weighted by Gasteiger charge is 2.11. The molecule has 3 nitrogen and oxygen atoms in total. The summed E-state index contributed by atoms with van der Waals surface area (Å²) in [5.74, 6) is 0.306. The standard InChI is InChI=1S/C12H19NO2S/c1-8(13)5-9-6-11(15-3)12(16-4)7-10(9)14-2/h6-8H,5,13H2,1-4H3/t8-/m0/s1/i2D3,3D3. The summed E-state index contributed by atoms with van der Waals surface area (Å²) in [6.45, 7) is 1.76. The predicted octanol–water partition coefficient (Wildman–Crippen LogP) is 2.32. The summed E-state index contributed by atoms with van der Waals surface area (Å²) in [5.41, 5.74) is 6.24. The fourth-order valence-electron chi connectivity index (χ4n) is 1.42. The van der Waals surface area contributed by atoms with E-state index in [0.29, 0.717) is 16.9 Å². The summed E-state index contributed by atoms with van der Waals surface area (Å²) in [7, 11) is -5.20. The van der Waals surface area contributed by atoms with Crippen molar-refractivity contribution in [1.29, 1.82) is 0 Å². The molecule has 0 bridgehead atoms. The molecule has 16 heavy (non-hydrogen) atoms. The van der Waals surface area contributed by atoms with Crippen LogP contribution >= 0.6 is 11.8 Å². The average molecular weight is 247 g/mol. The lowest BCUT2D eigenvalue weighted by atomic mass is 10.1. The number of methoxy groups -OCH3 is 2. The van der Waals surface area contributed by atoms with E-state index in [2.05, 4.69) is 0 Å². The smallest absolute Gasteiger partial charge is 0.132 e. The van der Waals surface area contributed by atoms with E-state index in [1.54, 1.807) is 13.2 Å². The Morgan fingerprint density at radius 1 is 1.38 bits per heavy atom. The maximum atomic E-state index is 7.23. The van der Waals surface area contributed by atoms with Crippen LogP contribution in [0.25, 0.3) is 0 Å². The van der Waals surface area contributed by atoms with Crippen molar-refractivity contribution in [3.63, 3.8) is 0 Å². The number of nitrogens with two attached hydrogens (primary N) is 1. The normalized spacial score (nSPS) is 19.4. The second kappa shape index (κ2) is 6.01. The maximum absolute atomic E-state index is 7.23. The number of thioether (sulfide) groups is 1. The van der Waals surface area contributed by atoms with Gasteiger partial charge < -0.3 is 15.2 Å². The molecule has 0 aliphatic heterocycles. The number of hydrogen-bond donors (Lipinski definition) is 1. The van der Waals surface area contributed by atoms with Gasteiger partial charge in [-0.1, -0.05) is 0 Å². The lowest BCUT2D eigenvalue weighted by Crippen LogP contribution is -2.18. The fraction of sp³-hybridized carbons (Fsp3) is 0.500. The van der Waals surface area contributed by atoms with Crippen LogP contribution in [0, 0.1) is 0 Å². The fourth-order valence-corrected chi connectivity index (χ4v) is 1.95. The molecule has 0 heterocycles. The Kier molecular flexibility index (Phi) is 2.54. The number of benzene rings is 1. The topological polar surface area (TPSA) is 44.5 Å². The molecule has 90 valence electrons. The molecule has 0 unspecified atom stereocenters. The van der Waals surface area contributed by atoms with E-state index >= 15 is 0 Å². The van der Waals surface area contributed by atoms with E-state index in [9.17, 15) is 0 Å². The van der Waals surface area contributed by atoms with E-state index in [4.69, 9.17) is 23.4 Å². The lowest BCUT2D eigenvalue weighted by molar-refractivity contribution is 0.389. The van der Waals surface area contributed by atoms with Crippen LogP contribution in [0.5, 0.6) is 11.5 Å². The van der Waals surface area contributed by atoms with E-state index in [-0.39, 0.29) is 17.5 Å². The molecule has 0 amide bonds. The molecule has 1 aromatic rings. The monoisotopic (exact) mass is 247 g/mol. The van der Waals surface area contributed by atoms with Gasteiger partial charge in [0, 0.05) is 6.04 Å². The second-order valence-electron chi connectivity index (χ2n) is 3.50. The van der Waals surface area contributed by atoms with Gasteiger partial charge in [0.25, 0.3) is 0 Å². The summed E-state index contributed by atoms with van der Waals surface area (Å²) >= 11 is 1.23. The number of rotatable bonds is 5. The number of ether oxygens (including phenoxy) is 2. The highest BCUT2D eigenvalue weighted by atomic mass is 32.2. The largest absolute Gasteiger partial charge is 0.496 e. The molecule has 0 saturated heterocycles. The van der Waals surface area contributed by atoms with Gasteiger partial charge in [-0.15, -0.1) is 11.8 Å². The molecule has 0 spiro atoms. The van der Waals surface area contributed by atoms with Gasteiger partial charge in [-0.05, 0) is 37.3 Å². The van der Waals surface area contributed by atoms with Crippen molar-refractivity contribution in [3.05, 3.63) is 17.7 Å². The average Bonchev–Trinajstić information content (AvgIpc) is 2.27. The van der Waals surface area contributed by atoms with E-state index in [1.807, 2.05) is 0 Å². The first kappa shape index (κ1) is 6.77. The molecular formula is C12H19NO2S. The highest BCUT2D eigenvalue weighted by Crippen LogP contribution is 2.34. The summed E-state index contributed by atoms with van der Waals surface area (Å²) < 4.78 is 53.3. The minimum atomic E-state index is -2.60. The summed E-state index contributed by atoms with van der Waals surface area (Å²) in [5, 5.41) is 0. The Morgan fingerprint density at radius 2 is 2.06 bits per heavy atom. The zero-order chi connectivity index (χ0) is 17.1. The van der Waals surface area contributed by atoms with Gasteiger partial charge in [0.15, 0.2) is 0 Å². The first-order valence-corrected chi connectivity index (χ1v) is 5.98. The molecule has 0 aromatic heterocycles. The van der Waals surface area contributed by atoms with Crippen molar-refractivity contribution in [2.45, 2.75) is 24.3 Å². The van der Waals surface area contributed by atoms with Gasteiger partial charge in [-0.3, -0.25) is 0 Å². The molecule has 4 heteroatoms. The van der Waals surface area contributed by atoms with Crippen LogP contribution in [-0.4, -0.2) is 26.4 Å². The quantitative estimate of drug-likeness (QED) is 0.811. The first-order chi connectivity index (χ1) is 9.91. The molecule has 0 aliphatic carbocycles. The Hall–Kier alpha value is -0.870. The summed E-state index contributed by atoms with van der Waals surface area (Å²) in [4.78, 5) is 0.476. The van der Waals surface area contributed by atoms with Gasteiger partial charge in [0.2, 0.25) is 0 Å². The predicted molar refractivity (Wildman–Crippen MR) is 68.7 cm³/mol. The molecule has 0 radical (unpaired) electrons. The van der Waals surface area contributed by atoms with Gasteiger partial charge in [-0.25, -0.2) is 0 Å². The first-order valence-electron chi connectivity index (χ1n) is 7.76. The minimum absolute atomic E-state index is 0.152. The third-order valence-corrected chi connectivity index (χ3v) is 2.87. The SMILES string of the molecule is [2H]C([2H])([2H])Oc1cc(SC)c(OC([2H])([2H])[2H])cc1C[C@H](C)N. The maximum Gasteiger partial charge on any atom is 0.132 e. The zero-order valence-corrected chi connectivity index (χ0v) is 10.1. The van der Waals surface area contributed by atoms with Crippen molar-refractivity contribution < 1.29 is 17.7 Å². The molecule has 0 aliphatic rings. The molecule has 1 atom stereocenters. The van der Waals surface area contributed by atoms with Crippen LogP contribution in [-0.2, 0) is 6.42 Å². The summed E-state index contributed by atoms with van der Waals surface area (Å²) in [6, 6.07) is 2.69. The second-order valence-corrected chi connectivity index (χ2v) is 4.34. The molecule has 1 aromatic carbocycles. The molecule has 1 rings (SSSR count). The van der Waals surface area contributed by atoms with Crippen molar-refractivity contribution in [2.24, 2.45) is 5.73 Å². The van der Waals surface area contributed by atoms with Gasteiger partial charge in [0.1, 0.15) is 11.5 Å². The molecular weight excluding hydrogens is 222 g/mol. The van der Waals surface area contributed by atoms with Crippen LogP contribution < -0.4 is 15.2 Å². The van der Waals surface area contributed by atoms with Crippen LogP contribution in [0.4, 0.5) is 0 Å².